The molecule has 24 heavy (non-hydrogen) atoms. The van der Waals surface area contributed by atoms with Crippen molar-refractivity contribution in [3.63, 3.8) is 0 Å². The molecule has 1 unspecified atom stereocenters. The Balaban J connectivity index is 2.11. The molecular formula is C17H21FN4O2. The maximum Gasteiger partial charge on any atom is 0.329 e. The first-order chi connectivity index (χ1) is 11.4. The smallest absolute Gasteiger partial charge is 0.329 e. The molecule has 2 fully saturated rings. The van der Waals surface area contributed by atoms with Gasteiger partial charge in [-0.2, -0.15) is 0 Å². The van der Waals surface area contributed by atoms with Crippen LogP contribution in [0.4, 0.5) is 10.1 Å². The zero-order valence-corrected chi connectivity index (χ0v) is 13.9. The highest BCUT2D eigenvalue weighted by atomic mass is 19.1. The van der Waals surface area contributed by atoms with E-state index in [1.54, 1.807) is 18.4 Å². The second kappa shape index (κ2) is 5.17. The van der Waals surface area contributed by atoms with Crippen molar-refractivity contribution in [2.45, 2.75) is 45.2 Å². The number of nitrogens with zero attached hydrogens (tertiary/aromatic N) is 2. The number of halogens is 1. The molecule has 2 aliphatic rings. The molecular weight excluding hydrogens is 311 g/mol. The van der Waals surface area contributed by atoms with Gasteiger partial charge in [0, 0.05) is 36.3 Å². The molecule has 6 nitrogen and oxygen atoms in total. The molecule has 7 heteroatoms. The Bertz CT molecular complexity index is 958. The van der Waals surface area contributed by atoms with Crippen LogP contribution >= 0.6 is 0 Å². The van der Waals surface area contributed by atoms with Gasteiger partial charge in [-0.1, -0.05) is 0 Å². The van der Waals surface area contributed by atoms with Gasteiger partial charge in [-0.05, 0) is 33.1 Å². The Morgan fingerprint density at radius 1 is 1.17 bits per heavy atom. The molecule has 2 heterocycles. The molecule has 0 amide bonds. The predicted molar refractivity (Wildman–Crippen MR) is 91.3 cm³/mol. The summed E-state index contributed by atoms with van der Waals surface area (Å²) in [7, 11) is 0. The van der Waals surface area contributed by atoms with Crippen LogP contribution in [0.5, 0.6) is 0 Å². The van der Waals surface area contributed by atoms with Gasteiger partial charge in [-0.25, -0.2) is 9.18 Å². The van der Waals surface area contributed by atoms with Gasteiger partial charge in [0.25, 0.3) is 5.56 Å². The number of aryl methyl sites for hydroxylation is 2. The Labute approximate surface area is 138 Å². The van der Waals surface area contributed by atoms with Gasteiger partial charge in [-0.3, -0.25) is 14.3 Å². The molecule has 3 N–H and O–H groups in total. The summed E-state index contributed by atoms with van der Waals surface area (Å²) in [6.07, 6.45) is 2.61. The molecule has 0 bridgehead atoms. The molecule has 1 aromatic carbocycles. The number of rotatable bonds is 2. The summed E-state index contributed by atoms with van der Waals surface area (Å²) >= 11 is 0. The van der Waals surface area contributed by atoms with E-state index in [9.17, 15) is 9.59 Å². The Morgan fingerprint density at radius 3 is 2.46 bits per heavy atom. The number of fused-ring (bicyclic) bond motifs is 1. The van der Waals surface area contributed by atoms with Crippen molar-refractivity contribution in [2.75, 3.05) is 18.0 Å². The number of hydrogen-bond acceptors (Lipinski definition) is 4. The second-order valence-corrected chi connectivity index (χ2v) is 6.99. The molecule has 2 aromatic rings. The number of nitrogens with one attached hydrogen (secondary N) is 1. The van der Waals surface area contributed by atoms with Crippen LogP contribution in [0.1, 0.15) is 36.4 Å². The van der Waals surface area contributed by atoms with Crippen LogP contribution in [0.15, 0.2) is 9.59 Å². The highest BCUT2D eigenvalue weighted by molar-refractivity contribution is 5.90. The summed E-state index contributed by atoms with van der Waals surface area (Å²) in [4.78, 5) is 29.0. The summed E-state index contributed by atoms with van der Waals surface area (Å²) in [6.45, 7) is 4.66. The van der Waals surface area contributed by atoms with E-state index in [-0.39, 0.29) is 23.3 Å². The first kappa shape index (κ1) is 15.4. The molecule has 1 atom stereocenters. The zero-order valence-electron chi connectivity index (χ0n) is 13.9. The van der Waals surface area contributed by atoms with E-state index in [1.165, 1.54) is 0 Å². The van der Waals surface area contributed by atoms with Gasteiger partial charge in [0.2, 0.25) is 0 Å². The van der Waals surface area contributed by atoms with E-state index in [0.29, 0.717) is 35.4 Å². The average Bonchev–Trinajstić information content (AvgIpc) is 3.26. The van der Waals surface area contributed by atoms with E-state index in [1.807, 2.05) is 4.90 Å². The van der Waals surface area contributed by atoms with Gasteiger partial charge < -0.3 is 10.6 Å². The van der Waals surface area contributed by atoms with Gasteiger partial charge in [0.05, 0.1) is 16.6 Å². The largest absolute Gasteiger partial charge is 0.367 e. The Hall–Kier alpha value is -2.15. The first-order valence-electron chi connectivity index (χ1n) is 8.38. The molecule has 1 saturated heterocycles. The fraction of sp³-hybridized carbons (Fsp3) is 0.529. The standard InChI is InChI=1S/C17H21FN4O2/c1-8-12-14(22(11-3-4-11)17(24)20-16(12)23)9(2)15(13(8)18)21-6-5-10(19)7-21/h10-11H,3-7,19H2,1-2H3,(H,20,23,24). The lowest BCUT2D eigenvalue weighted by Gasteiger charge is -2.25. The number of nitrogens with two attached hydrogens (primary N) is 1. The number of aromatic amines is 1. The summed E-state index contributed by atoms with van der Waals surface area (Å²) in [5.41, 5.74) is 7.04. The van der Waals surface area contributed by atoms with Crippen LogP contribution in [0.3, 0.4) is 0 Å². The van der Waals surface area contributed by atoms with E-state index in [4.69, 9.17) is 5.73 Å². The zero-order chi connectivity index (χ0) is 17.2. The minimum atomic E-state index is -0.518. The third-order valence-corrected chi connectivity index (χ3v) is 5.22. The van der Waals surface area contributed by atoms with Crippen molar-refractivity contribution in [1.82, 2.24) is 9.55 Å². The van der Waals surface area contributed by atoms with Crippen LogP contribution in [-0.4, -0.2) is 28.7 Å². The number of aromatic nitrogens is 2. The topological polar surface area (TPSA) is 84.1 Å². The molecule has 0 spiro atoms. The van der Waals surface area contributed by atoms with Crippen LogP contribution < -0.4 is 21.9 Å². The summed E-state index contributed by atoms with van der Waals surface area (Å²) in [6, 6.07) is 0.110. The first-order valence-corrected chi connectivity index (χ1v) is 8.38. The quantitative estimate of drug-likeness (QED) is 0.869. The fourth-order valence-corrected chi connectivity index (χ4v) is 3.88. The number of benzene rings is 1. The van der Waals surface area contributed by atoms with E-state index < -0.39 is 11.2 Å². The van der Waals surface area contributed by atoms with Crippen molar-refractivity contribution < 1.29 is 4.39 Å². The van der Waals surface area contributed by atoms with Crippen LogP contribution in [0.25, 0.3) is 10.9 Å². The number of hydrogen-bond donors (Lipinski definition) is 2. The summed E-state index contributed by atoms with van der Waals surface area (Å²) in [5, 5.41) is 0.281. The predicted octanol–water partition coefficient (Wildman–Crippen LogP) is 1.32. The number of anilines is 1. The van der Waals surface area contributed by atoms with Gasteiger partial charge in [0.1, 0.15) is 0 Å². The molecule has 1 aliphatic heterocycles. The minimum absolute atomic E-state index is 0.0182. The SMILES string of the molecule is Cc1c(F)c(N2CCC(N)C2)c(C)c2c1c(=O)[nH]c(=O)n2C1CC1. The molecule has 4 rings (SSSR count). The van der Waals surface area contributed by atoms with E-state index >= 15 is 4.39 Å². The van der Waals surface area contributed by atoms with Gasteiger partial charge >= 0.3 is 5.69 Å². The maximum atomic E-state index is 15.1. The molecule has 128 valence electrons. The lowest BCUT2D eigenvalue weighted by Crippen LogP contribution is -2.32. The normalized spacial score (nSPS) is 21.0. The van der Waals surface area contributed by atoms with Gasteiger partial charge in [-0.15, -0.1) is 0 Å². The fourth-order valence-electron chi connectivity index (χ4n) is 3.88. The summed E-state index contributed by atoms with van der Waals surface area (Å²) < 4.78 is 16.7. The average molecular weight is 332 g/mol. The van der Waals surface area contributed by atoms with Crippen molar-refractivity contribution in [1.29, 1.82) is 0 Å². The molecule has 1 aliphatic carbocycles. The molecule has 1 aromatic heterocycles. The van der Waals surface area contributed by atoms with Crippen molar-refractivity contribution >= 4 is 16.6 Å². The van der Waals surface area contributed by atoms with Crippen LogP contribution in [0.2, 0.25) is 0 Å². The minimum Gasteiger partial charge on any atom is -0.367 e. The highest BCUT2D eigenvalue weighted by Crippen LogP contribution is 2.40. The van der Waals surface area contributed by atoms with Gasteiger partial charge in [0.15, 0.2) is 5.82 Å². The number of H-pyrrole nitrogens is 1. The third kappa shape index (κ3) is 2.11. The van der Waals surface area contributed by atoms with Crippen LogP contribution in [-0.2, 0) is 0 Å². The maximum absolute atomic E-state index is 15.1. The van der Waals surface area contributed by atoms with Crippen molar-refractivity contribution in [3.8, 4) is 0 Å². The second-order valence-electron chi connectivity index (χ2n) is 6.99. The molecule has 0 radical (unpaired) electrons. The Morgan fingerprint density at radius 2 is 1.88 bits per heavy atom. The molecule has 1 saturated carbocycles. The lowest BCUT2D eigenvalue weighted by molar-refractivity contribution is 0.612. The van der Waals surface area contributed by atoms with E-state index in [2.05, 4.69) is 4.98 Å². The monoisotopic (exact) mass is 332 g/mol. The third-order valence-electron chi connectivity index (χ3n) is 5.22. The Kier molecular flexibility index (Phi) is 3.32. The van der Waals surface area contributed by atoms with E-state index in [0.717, 1.165) is 19.3 Å². The van der Waals surface area contributed by atoms with Crippen molar-refractivity contribution in [2.24, 2.45) is 5.73 Å². The lowest BCUT2D eigenvalue weighted by atomic mass is 10.0. The van der Waals surface area contributed by atoms with Crippen molar-refractivity contribution in [3.05, 3.63) is 37.8 Å². The highest BCUT2D eigenvalue weighted by Gasteiger charge is 2.32. The summed E-state index contributed by atoms with van der Waals surface area (Å²) in [5.74, 6) is -0.388. The van der Waals surface area contributed by atoms with Crippen LogP contribution in [0, 0.1) is 19.7 Å².